The van der Waals surface area contributed by atoms with Crippen LogP contribution in [0.3, 0.4) is 0 Å². The molecule has 0 saturated heterocycles. The van der Waals surface area contributed by atoms with E-state index < -0.39 is 0 Å². The average molecular weight is 366 g/mol. The topological polar surface area (TPSA) is 101 Å². The third-order valence-electron chi connectivity index (χ3n) is 4.92. The number of pyridine rings is 1. The average Bonchev–Trinajstić information content (AvgIpc) is 3.34. The third kappa shape index (κ3) is 3.89. The molecule has 0 aliphatic heterocycles. The molecule has 27 heavy (non-hydrogen) atoms. The van der Waals surface area contributed by atoms with Gasteiger partial charge < -0.3 is 9.42 Å². The van der Waals surface area contributed by atoms with Gasteiger partial charge in [0.1, 0.15) is 0 Å². The van der Waals surface area contributed by atoms with Crippen molar-refractivity contribution in [3.63, 3.8) is 0 Å². The minimum absolute atomic E-state index is 0.0335. The molecule has 3 aromatic heterocycles. The Balaban J connectivity index is 1.33. The Bertz CT molecular complexity index is 917. The minimum Gasteiger partial charge on any atom is -0.337 e. The predicted octanol–water partition coefficient (Wildman–Crippen LogP) is 2.32. The van der Waals surface area contributed by atoms with Gasteiger partial charge in [0.15, 0.2) is 0 Å². The quantitative estimate of drug-likeness (QED) is 0.718. The molecular formula is C19H22N6O2. The number of aromatic amines is 1. The van der Waals surface area contributed by atoms with Crippen LogP contribution < -0.4 is 0 Å². The monoisotopic (exact) mass is 366 g/mol. The van der Waals surface area contributed by atoms with Crippen LogP contribution in [-0.2, 0) is 30.6 Å². The molecule has 1 aliphatic rings. The van der Waals surface area contributed by atoms with Crippen molar-refractivity contribution in [2.75, 3.05) is 7.05 Å². The third-order valence-corrected chi connectivity index (χ3v) is 4.92. The lowest BCUT2D eigenvalue weighted by Gasteiger charge is -2.15. The zero-order chi connectivity index (χ0) is 18.6. The van der Waals surface area contributed by atoms with Crippen molar-refractivity contribution in [3.05, 3.63) is 47.4 Å². The smallest absolute Gasteiger partial charge is 0.246 e. The highest BCUT2D eigenvalue weighted by atomic mass is 16.5. The highest BCUT2D eigenvalue weighted by Crippen LogP contribution is 2.23. The summed E-state index contributed by atoms with van der Waals surface area (Å²) in [5.41, 5.74) is 4.42. The van der Waals surface area contributed by atoms with Crippen LogP contribution in [0.2, 0.25) is 0 Å². The van der Waals surface area contributed by atoms with Gasteiger partial charge in [-0.15, -0.1) is 0 Å². The second-order valence-corrected chi connectivity index (χ2v) is 6.83. The van der Waals surface area contributed by atoms with E-state index in [1.165, 1.54) is 24.1 Å². The number of nitrogens with zero attached hydrogens (tertiary/aromatic N) is 5. The number of carbonyl (C=O) groups is 1. The summed E-state index contributed by atoms with van der Waals surface area (Å²) in [5.74, 6) is 0.942. The molecule has 0 spiro atoms. The first-order valence-electron chi connectivity index (χ1n) is 9.22. The van der Waals surface area contributed by atoms with E-state index in [0.29, 0.717) is 24.6 Å². The highest BCUT2D eigenvalue weighted by molar-refractivity contribution is 5.76. The summed E-state index contributed by atoms with van der Waals surface area (Å²) >= 11 is 0. The zero-order valence-electron chi connectivity index (χ0n) is 15.3. The lowest BCUT2D eigenvalue weighted by atomic mass is 9.94. The van der Waals surface area contributed by atoms with Crippen molar-refractivity contribution in [1.29, 1.82) is 0 Å². The maximum atomic E-state index is 12.5. The molecule has 3 aromatic rings. The van der Waals surface area contributed by atoms with Gasteiger partial charge in [0.2, 0.25) is 17.6 Å². The number of aromatic nitrogens is 5. The molecule has 0 atom stereocenters. The Morgan fingerprint density at radius 3 is 2.93 bits per heavy atom. The van der Waals surface area contributed by atoms with E-state index in [1.54, 1.807) is 24.3 Å². The molecule has 4 rings (SSSR count). The Labute approximate surface area is 157 Å². The molecule has 3 heterocycles. The van der Waals surface area contributed by atoms with Gasteiger partial charge in [0, 0.05) is 43.5 Å². The molecule has 8 nitrogen and oxygen atoms in total. The van der Waals surface area contributed by atoms with E-state index in [-0.39, 0.29) is 12.5 Å². The van der Waals surface area contributed by atoms with E-state index in [4.69, 9.17) is 4.52 Å². The van der Waals surface area contributed by atoms with Gasteiger partial charge in [0.05, 0.1) is 12.2 Å². The van der Waals surface area contributed by atoms with Gasteiger partial charge in [-0.05, 0) is 43.4 Å². The summed E-state index contributed by atoms with van der Waals surface area (Å²) in [6.07, 6.45) is 8.95. The van der Waals surface area contributed by atoms with Crippen molar-refractivity contribution in [2.24, 2.45) is 0 Å². The van der Waals surface area contributed by atoms with Gasteiger partial charge in [-0.3, -0.25) is 14.9 Å². The molecule has 140 valence electrons. The van der Waals surface area contributed by atoms with Crippen molar-refractivity contribution in [3.8, 4) is 11.4 Å². The van der Waals surface area contributed by atoms with Crippen LogP contribution in [0, 0.1) is 0 Å². The molecule has 0 radical (unpaired) electrons. The second-order valence-electron chi connectivity index (χ2n) is 6.83. The first-order chi connectivity index (χ1) is 13.2. The number of nitrogens with one attached hydrogen (secondary N) is 1. The summed E-state index contributed by atoms with van der Waals surface area (Å²) in [5, 5.41) is 11.5. The van der Waals surface area contributed by atoms with Gasteiger partial charge >= 0.3 is 0 Å². The number of amides is 1. The van der Waals surface area contributed by atoms with E-state index in [0.717, 1.165) is 24.1 Å². The number of fused-ring (bicyclic) bond motifs is 1. The second kappa shape index (κ2) is 7.69. The van der Waals surface area contributed by atoms with Gasteiger partial charge in [-0.1, -0.05) is 5.16 Å². The van der Waals surface area contributed by atoms with Crippen LogP contribution in [0.15, 0.2) is 29.0 Å². The molecule has 1 N–H and O–H groups in total. The molecule has 1 aliphatic carbocycles. The summed E-state index contributed by atoms with van der Waals surface area (Å²) in [4.78, 5) is 22.4. The predicted molar refractivity (Wildman–Crippen MR) is 97.6 cm³/mol. The van der Waals surface area contributed by atoms with E-state index in [9.17, 15) is 4.79 Å². The van der Waals surface area contributed by atoms with Crippen molar-refractivity contribution >= 4 is 5.91 Å². The van der Waals surface area contributed by atoms with Crippen LogP contribution in [0.25, 0.3) is 11.4 Å². The maximum absolute atomic E-state index is 12.5. The van der Waals surface area contributed by atoms with Crippen molar-refractivity contribution in [2.45, 2.75) is 45.1 Å². The number of H-pyrrole nitrogens is 1. The zero-order valence-corrected chi connectivity index (χ0v) is 15.3. The van der Waals surface area contributed by atoms with Crippen molar-refractivity contribution in [1.82, 2.24) is 30.2 Å². The fourth-order valence-electron chi connectivity index (χ4n) is 3.40. The standard InChI is InChI=1S/C19H22N6O2/c1-25(12-17-21-19(24-27-17)13-8-10-20-11-9-13)18(26)7-6-16-14-4-2-3-5-15(14)22-23-16/h8-11H,2-7,12H2,1H3,(H,22,23). The molecule has 8 heteroatoms. The molecule has 0 saturated carbocycles. The number of hydrogen-bond acceptors (Lipinski definition) is 6. The fourth-order valence-corrected chi connectivity index (χ4v) is 3.40. The fraction of sp³-hybridized carbons (Fsp3) is 0.421. The van der Waals surface area contributed by atoms with E-state index in [2.05, 4.69) is 25.3 Å². The summed E-state index contributed by atoms with van der Waals surface area (Å²) in [6.45, 7) is 0.287. The first-order valence-corrected chi connectivity index (χ1v) is 9.22. The summed E-state index contributed by atoms with van der Waals surface area (Å²) < 4.78 is 5.27. The Morgan fingerprint density at radius 2 is 2.07 bits per heavy atom. The summed E-state index contributed by atoms with van der Waals surface area (Å²) in [7, 11) is 1.75. The highest BCUT2D eigenvalue weighted by Gasteiger charge is 2.19. The number of aryl methyl sites for hydroxylation is 2. The van der Waals surface area contributed by atoms with Crippen LogP contribution in [-0.4, -0.2) is 43.2 Å². The number of hydrogen-bond donors (Lipinski definition) is 1. The largest absolute Gasteiger partial charge is 0.337 e. The molecule has 0 fully saturated rings. The maximum Gasteiger partial charge on any atom is 0.246 e. The van der Waals surface area contributed by atoms with Crippen LogP contribution in [0.5, 0.6) is 0 Å². The van der Waals surface area contributed by atoms with Gasteiger partial charge in [0.25, 0.3) is 0 Å². The van der Waals surface area contributed by atoms with E-state index >= 15 is 0 Å². The van der Waals surface area contributed by atoms with Crippen LogP contribution >= 0.6 is 0 Å². The lowest BCUT2D eigenvalue weighted by Crippen LogP contribution is -2.26. The van der Waals surface area contributed by atoms with E-state index in [1.807, 2.05) is 12.1 Å². The minimum atomic E-state index is 0.0335. The van der Waals surface area contributed by atoms with Crippen LogP contribution in [0.1, 0.15) is 42.1 Å². The van der Waals surface area contributed by atoms with Gasteiger partial charge in [-0.2, -0.15) is 10.1 Å². The van der Waals surface area contributed by atoms with Crippen molar-refractivity contribution < 1.29 is 9.32 Å². The number of carbonyl (C=O) groups excluding carboxylic acids is 1. The molecular weight excluding hydrogens is 344 g/mol. The molecule has 0 bridgehead atoms. The molecule has 0 aromatic carbocycles. The normalized spacial score (nSPS) is 13.4. The summed E-state index contributed by atoms with van der Waals surface area (Å²) in [6, 6.07) is 3.63. The molecule has 0 unspecified atom stereocenters. The Kier molecular flexibility index (Phi) is 4.95. The SMILES string of the molecule is CN(Cc1nc(-c2ccncc2)no1)C(=O)CCc1n[nH]c2c1CCCC2. The molecule has 1 amide bonds. The van der Waals surface area contributed by atoms with Crippen LogP contribution in [0.4, 0.5) is 0 Å². The number of rotatable bonds is 6. The first kappa shape index (κ1) is 17.4. The Morgan fingerprint density at radius 1 is 1.26 bits per heavy atom. The lowest BCUT2D eigenvalue weighted by molar-refractivity contribution is -0.130. The van der Waals surface area contributed by atoms with Gasteiger partial charge in [-0.25, -0.2) is 0 Å². The Hall–Kier alpha value is -3.03.